The van der Waals surface area contributed by atoms with Crippen LogP contribution < -0.4 is 11.1 Å². The topological polar surface area (TPSA) is 68.0 Å². The monoisotopic (exact) mass is 193 g/mol. The highest BCUT2D eigenvalue weighted by Gasteiger charge is 2.08. The highest BCUT2D eigenvalue weighted by Crippen LogP contribution is 2.10. The predicted molar refractivity (Wildman–Crippen MR) is 56.0 cm³/mol. The first-order valence-corrected chi connectivity index (χ1v) is 4.65. The molecule has 0 saturated carbocycles. The van der Waals surface area contributed by atoms with Gasteiger partial charge in [0.25, 0.3) is 5.91 Å². The van der Waals surface area contributed by atoms with Gasteiger partial charge in [-0.15, -0.1) is 0 Å². The van der Waals surface area contributed by atoms with Gasteiger partial charge in [0.05, 0.1) is 5.56 Å². The molecule has 14 heavy (non-hydrogen) atoms. The van der Waals surface area contributed by atoms with Gasteiger partial charge in [-0.3, -0.25) is 9.78 Å². The average molecular weight is 193 g/mol. The Morgan fingerprint density at radius 1 is 1.64 bits per heavy atom. The van der Waals surface area contributed by atoms with E-state index in [0.717, 1.165) is 12.1 Å². The summed E-state index contributed by atoms with van der Waals surface area (Å²) in [5.41, 5.74) is 7.43. The lowest BCUT2D eigenvalue weighted by atomic mass is 10.2. The van der Waals surface area contributed by atoms with Crippen LogP contribution in [0.15, 0.2) is 12.3 Å². The zero-order valence-corrected chi connectivity index (χ0v) is 8.50. The van der Waals surface area contributed by atoms with Gasteiger partial charge in [0, 0.05) is 24.1 Å². The Balaban J connectivity index is 2.80. The van der Waals surface area contributed by atoms with Crippen molar-refractivity contribution in [2.24, 2.45) is 0 Å². The third kappa shape index (κ3) is 2.45. The molecule has 1 amide bonds. The molecule has 4 nitrogen and oxygen atoms in total. The van der Waals surface area contributed by atoms with Crippen LogP contribution in [0.3, 0.4) is 0 Å². The van der Waals surface area contributed by atoms with Gasteiger partial charge in [0.2, 0.25) is 0 Å². The summed E-state index contributed by atoms with van der Waals surface area (Å²) in [6.07, 6.45) is 2.42. The molecule has 0 atom stereocenters. The van der Waals surface area contributed by atoms with Crippen molar-refractivity contribution in [1.29, 1.82) is 0 Å². The van der Waals surface area contributed by atoms with Crippen molar-refractivity contribution in [3.8, 4) is 0 Å². The van der Waals surface area contributed by atoms with E-state index >= 15 is 0 Å². The number of carbonyl (C=O) groups excluding carboxylic acids is 1. The predicted octanol–water partition coefficient (Wildman–Crippen LogP) is 1.11. The van der Waals surface area contributed by atoms with Crippen molar-refractivity contribution < 1.29 is 4.79 Å². The lowest BCUT2D eigenvalue weighted by molar-refractivity contribution is 0.0954. The molecule has 0 aliphatic heterocycles. The van der Waals surface area contributed by atoms with Gasteiger partial charge in [-0.05, 0) is 19.4 Å². The summed E-state index contributed by atoms with van der Waals surface area (Å²) in [6, 6.07) is 1.70. The van der Waals surface area contributed by atoms with Gasteiger partial charge in [0.1, 0.15) is 0 Å². The first-order chi connectivity index (χ1) is 6.65. The van der Waals surface area contributed by atoms with Crippen LogP contribution in [0.5, 0.6) is 0 Å². The Kier molecular flexibility index (Phi) is 3.45. The number of nitrogens with one attached hydrogen (secondary N) is 1. The van der Waals surface area contributed by atoms with Gasteiger partial charge in [-0.25, -0.2) is 0 Å². The van der Waals surface area contributed by atoms with Crippen LogP contribution >= 0.6 is 0 Å². The number of aryl methyl sites for hydroxylation is 1. The average Bonchev–Trinajstić information content (AvgIpc) is 2.14. The van der Waals surface area contributed by atoms with Gasteiger partial charge in [0.15, 0.2) is 0 Å². The van der Waals surface area contributed by atoms with Crippen LogP contribution in [-0.4, -0.2) is 17.4 Å². The van der Waals surface area contributed by atoms with E-state index in [1.54, 1.807) is 6.07 Å². The molecule has 76 valence electrons. The second-order valence-electron chi connectivity index (χ2n) is 3.17. The van der Waals surface area contributed by atoms with Crippen molar-refractivity contribution in [3.63, 3.8) is 0 Å². The molecule has 0 fully saturated rings. The maximum Gasteiger partial charge on any atom is 0.254 e. The summed E-state index contributed by atoms with van der Waals surface area (Å²) < 4.78 is 0. The molecule has 0 radical (unpaired) electrons. The number of aromatic nitrogens is 1. The quantitative estimate of drug-likeness (QED) is 0.755. The Hall–Kier alpha value is -1.58. The molecule has 1 aromatic rings. The molecule has 1 aromatic heterocycles. The van der Waals surface area contributed by atoms with Crippen molar-refractivity contribution >= 4 is 11.6 Å². The van der Waals surface area contributed by atoms with Crippen LogP contribution in [-0.2, 0) is 0 Å². The number of hydrogen-bond donors (Lipinski definition) is 2. The first kappa shape index (κ1) is 10.5. The second-order valence-corrected chi connectivity index (χ2v) is 3.17. The van der Waals surface area contributed by atoms with E-state index in [2.05, 4.69) is 10.3 Å². The highest BCUT2D eigenvalue weighted by atomic mass is 16.1. The summed E-state index contributed by atoms with van der Waals surface area (Å²) in [4.78, 5) is 15.5. The van der Waals surface area contributed by atoms with E-state index in [0.29, 0.717) is 17.8 Å². The fraction of sp³-hybridized carbons (Fsp3) is 0.400. The van der Waals surface area contributed by atoms with Crippen molar-refractivity contribution in [1.82, 2.24) is 10.3 Å². The number of pyridine rings is 1. The van der Waals surface area contributed by atoms with E-state index in [4.69, 9.17) is 5.73 Å². The largest absolute Gasteiger partial charge is 0.398 e. The molecule has 1 heterocycles. The number of anilines is 1. The Bertz CT molecular complexity index is 336. The molecule has 0 bridgehead atoms. The molecule has 0 aliphatic rings. The van der Waals surface area contributed by atoms with Crippen molar-refractivity contribution in [3.05, 3.63) is 23.5 Å². The number of hydrogen-bond acceptors (Lipinski definition) is 3. The van der Waals surface area contributed by atoms with Crippen LogP contribution in [0.25, 0.3) is 0 Å². The lowest BCUT2D eigenvalue weighted by Crippen LogP contribution is -2.25. The molecule has 0 unspecified atom stereocenters. The van der Waals surface area contributed by atoms with Gasteiger partial charge < -0.3 is 11.1 Å². The SMILES string of the molecule is CCCNC(=O)c1cnc(C)cc1N. The minimum absolute atomic E-state index is 0.156. The minimum Gasteiger partial charge on any atom is -0.398 e. The summed E-state index contributed by atoms with van der Waals surface area (Å²) in [6.45, 7) is 4.49. The van der Waals surface area contributed by atoms with E-state index < -0.39 is 0 Å². The zero-order chi connectivity index (χ0) is 10.6. The molecule has 4 heteroatoms. The zero-order valence-electron chi connectivity index (χ0n) is 8.50. The minimum atomic E-state index is -0.156. The Labute approximate surface area is 83.5 Å². The molecular formula is C10H15N3O. The molecule has 0 aliphatic carbocycles. The first-order valence-electron chi connectivity index (χ1n) is 4.65. The normalized spacial score (nSPS) is 9.86. The number of amides is 1. The maximum absolute atomic E-state index is 11.5. The third-order valence-electron chi connectivity index (χ3n) is 1.85. The van der Waals surface area contributed by atoms with Gasteiger partial charge in [-0.2, -0.15) is 0 Å². The summed E-state index contributed by atoms with van der Waals surface area (Å²) in [7, 11) is 0. The van der Waals surface area contributed by atoms with Crippen LogP contribution in [0.4, 0.5) is 5.69 Å². The van der Waals surface area contributed by atoms with Crippen molar-refractivity contribution in [2.75, 3.05) is 12.3 Å². The second kappa shape index (κ2) is 4.60. The van der Waals surface area contributed by atoms with E-state index in [-0.39, 0.29) is 5.91 Å². The molecule has 0 saturated heterocycles. The number of nitrogens with two attached hydrogens (primary N) is 1. The van der Waals surface area contributed by atoms with Gasteiger partial charge >= 0.3 is 0 Å². The fourth-order valence-corrected chi connectivity index (χ4v) is 1.10. The van der Waals surface area contributed by atoms with Gasteiger partial charge in [-0.1, -0.05) is 6.92 Å². The van der Waals surface area contributed by atoms with E-state index in [1.807, 2.05) is 13.8 Å². The van der Waals surface area contributed by atoms with Crippen LogP contribution in [0.2, 0.25) is 0 Å². The summed E-state index contributed by atoms with van der Waals surface area (Å²) in [5, 5.41) is 2.75. The smallest absolute Gasteiger partial charge is 0.254 e. The van der Waals surface area contributed by atoms with Crippen molar-refractivity contribution in [2.45, 2.75) is 20.3 Å². The van der Waals surface area contributed by atoms with Crippen LogP contribution in [0, 0.1) is 6.92 Å². The molecule has 0 spiro atoms. The van der Waals surface area contributed by atoms with E-state index in [9.17, 15) is 4.79 Å². The summed E-state index contributed by atoms with van der Waals surface area (Å²) in [5.74, 6) is -0.156. The fourth-order valence-electron chi connectivity index (χ4n) is 1.10. The third-order valence-corrected chi connectivity index (χ3v) is 1.85. The Morgan fingerprint density at radius 3 is 2.93 bits per heavy atom. The number of nitrogens with zero attached hydrogens (tertiary/aromatic N) is 1. The Morgan fingerprint density at radius 2 is 2.36 bits per heavy atom. The standard InChI is InChI=1S/C10H15N3O/c1-3-4-12-10(14)8-6-13-7(2)5-9(8)11/h5-6H,3-4H2,1-2H3,(H2,11,13)(H,12,14). The molecular weight excluding hydrogens is 178 g/mol. The van der Waals surface area contributed by atoms with Crippen LogP contribution in [0.1, 0.15) is 29.4 Å². The summed E-state index contributed by atoms with van der Waals surface area (Å²) >= 11 is 0. The molecule has 0 aromatic carbocycles. The maximum atomic E-state index is 11.5. The number of carbonyl (C=O) groups is 1. The van der Waals surface area contributed by atoms with E-state index in [1.165, 1.54) is 6.20 Å². The molecule has 1 rings (SSSR count). The number of nitrogen functional groups attached to an aromatic ring is 1. The highest BCUT2D eigenvalue weighted by molar-refractivity contribution is 5.98. The molecule has 3 N–H and O–H groups in total. The number of rotatable bonds is 3. The lowest BCUT2D eigenvalue weighted by Gasteiger charge is -2.06.